The lowest BCUT2D eigenvalue weighted by Gasteiger charge is -1.87. The lowest BCUT2D eigenvalue weighted by molar-refractivity contribution is 1.29. The molecule has 5 heteroatoms. The second-order valence-electron chi connectivity index (χ2n) is 2.21. The molecule has 0 spiro atoms. The average Bonchev–Trinajstić information content (AvgIpc) is 2.49. The molecule has 0 fully saturated rings. The highest BCUT2D eigenvalue weighted by Crippen LogP contribution is 2.28. The van der Waals surface area contributed by atoms with Crippen LogP contribution in [0.3, 0.4) is 0 Å². The summed E-state index contributed by atoms with van der Waals surface area (Å²) < 4.78 is 1.01. The predicted octanol–water partition coefficient (Wildman–Crippen LogP) is 3.24. The van der Waals surface area contributed by atoms with Gasteiger partial charge in [0, 0.05) is 6.20 Å². The Balaban J connectivity index is 2.74. The normalized spacial score (nSPS) is 10.8. The monoisotopic (exact) mass is 262 g/mol. The van der Waals surface area contributed by atoms with Gasteiger partial charge >= 0.3 is 0 Å². The van der Waals surface area contributed by atoms with E-state index in [2.05, 4.69) is 25.9 Å². The van der Waals surface area contributed by atoms with E-state index in [4.69, 9.17) is 11.6 Å². The maximum atomic E-state index is 5.92. The summed E-state index contributed by atoms with van der Waals surface area (Å²) in [6.07, 6.45) is 3.37. The Hall–Kier alpha value is -0.190. The molecule has 0 atom stereocenters. The SMILES string of the molecule is Clc1cncc2nc(CBr)sc12. The number of pyridine rings is 1. The minimum atomic E-state index is 0.678. The van der Waals surface area contributed by atoms with E-state index in [9.17, 15) is 0 Å². The number of fused-ring (bicyclic) bond motifs is 1. The molecular weight excluding hydrogens is 260 g/mol. The zero-order valence-corrected chi connectivity index (χ0v) is 9.08. The molecule has 0 aromatic carbocycles. The molecule has 0 N–H and O–H groups in total. The fourth-order valence-corrected chi connectivity index (χ4v) is 2.45. The molecule has 0 unspecified atom stereocenters. The minimum absolute atomic E-state index is 0.678. The second-order valence-corrected chi connectivity index (χ2v) is 4.26. The van der Waals surface area contributed by atoms with Gasteiger partial charge in [0.15, 0.2) is 0 Å². The van der Waals surface area contributed by atoms with Crippen LogP contribution in [0.1, 0.15) is 5.01 Å². The van der Waals surface area contributed by atoms with E-state index < -0.39 is 0 Å². The lowest BCUT2D eigenvalue weighted by atomic mass is 10.4. The van der Waals surface area contributed by atoms with Crippen LogP contribution in [0.5, 0.6) is 0 Å². The van der Waals surface area contributed by atoms with Gasteiger partial charge in [-0.3, -0.25) is 4.98 Å². The van der Waals surface area contributed by atoms with Gasteiger partial charge in [-0.2, -0.15) is 0 Å². The number of thiazole rings is 1. The van der Waals surface area contributed by atoms with Crippen LogP contribution >= 0.6 is 38.9 Å². The average molecular weight is 264 g/mol. The van der Waals surface area contributed by atoms with Crippen molar-refractivity contribution in [3.8, 4) is 0 Å². The van der Waals surface area contributed by atoms with Crippen molar-refractivity contribution in [2.75, 3.05) is 0 Å². The number of alkyl halides is 1. The third kappa shape index (κ3) is 1.34. The van der Waals surface area contributed by atoms with Crippen LogP contribution in [0.2, 0.25) is 5.02 Å². The third-order valence-electron chi connectivity index (χ3n) is 1.41. The first kappa shape index (κ1) is 8.41. The minimum Gasteiger partial charge on any atom is -0.261 e. The van der Waals surface area contributed by atoms with E-state index in [1.54, 1.807) is 23.7 Å². The molecule has 0 radical (unpaired) electrons. The Labute approximate surface area is 86.7 Å². The number of hydrogen-bond donors (Lipinski definition) is 0. The van der Waals surface area contributed by atoms with Crippen LogP contribution in [-0.4, -0.2) is 9.97 Å². The van der Waals surface area contributed by atoms with E-state index in [1.807, 2.05) is 0 Å². The van der Waals surface area contributed by atoms with Crippen molar-refractivity contribution in [2.24, 2.45) is 0 Å². The Kier molecular flexibility index (Phi) is 2.30. The summed E-state index contributed by atoms with van der Waals surface area (Å²) in [6, 6.07) is 0. The zero-order valence-electron chi connectivity index (χ0n) is 5.92. The largest absolute Gasteiger partial charge is 0.261 e. The van der Waals surface area contributed by atoms with Gasteiger partial charge in [0.05, 0.1) is 21.2 Å². The van der Waals surface area contributed by atoms with Crippen LogP contribution in [0.15, 0.2) is 12.4 Å². The van der Waals surface area contributed by atoms with E-state index in [1.165, 1.54) is 0 Å². The predicted molar refractivity (Wildman–Crippen MR) is 55.1 cm³/mol. The van der Waals surface area contributed by atoms with Crippen LogP contribution in [-0.2, 0) is 5.33 Å². The third-order valence-corrected chi connectivity index (χ3v) is 3.82. The molecule has 0 aliphatic rings. The van der Waals surface area contributed by atoms with Crippen molar-refractivity contribution in [2.45, 2.75) is 5.33 Å². The van der Waals surface area contributed by atoms with E-state index in [0.717, 1.165) is 20.6 Å². The number of nitrogens with zero attached hydrogens (tertiary/aromatic N) is 2. The van der Waals surface area contributed by atoms with Gasteiger partial charge < -0.3 is 0 Å². The summed E-state index contributed by atoms with van der Waals surface area (Å²) in [5.74, 6) is 0. The quantitative estimate of drug-likeness (QED) is 0.738. The van der Waals surface area contributed by atoms with Gasteiger partial charge in [0.2, 0.25) is 0 Å². The summed E-state index contributed by atoms with van der Waals surface area (Å²) in [6.45, 7) is 0. The van der Waals surface area contributed by atoms with Crippen LogP contribution in [0.4, 0.5) is 0 Å². The van der Waals surface area contributed by atoms with Gasteiger partial charge in [-0.15, -0.1) is 11.3 Å². The van der Waals surface area contributed by atoms with Crippen molar-refractivity contribution in [3.63, 3.8) is 0 Å². The molecule has 0 saturated heterocycles. The molecule has 12 heavy (non-hydrogen) atoms. The fourth-order valence-electron chi connectivity index (χ4n) is 0.926. The molecule has 0 saturated carbocycles. The van der Waals surface area contributed by atoms with Crippen molar-refractivity contribution < 1.29 is 0 Å². The summed E-state index contributed by atoms with van der Waals surface area (Å²) in [7, 11) is 0. The first-order valence-electron chi connectivity index (χ1n) is 3.26. The molecule has 62 valence electrons. The van der Waals surface area contributed by atoms with E-state index in [0.29, 0.717) is 5.02 Å². The highest BCUT2D eigenvalue weighted by atomic mass is 79.9. The van der Waals surface area contributed by atoms with Gasteiger partial charge in [0.1, 0.15) is 10.5 Å². The molecule has 2 rings (SSSR count). The Morgan fingerprint density at radius 2 is 2.33 bits per heavy atom. The number of aromatic nitrogens is 2. The smallest absolute Gasteiger partial charge is 0.104 e. The molecule has 0 amide bonds. The second kappa shape index (κ2) is 3.28. The summed E-state index contributed by atoms with van der Waals surface area (Å²) in [5.41, 5.74) is 0.877. The zero-order chi connectivity index (χ0) is 8.55. The van der Waals surface area contributed by atoms with Crippen molar-refractivity contribution >= 4 is 49.1 Å². The standard InChI is InChI=1S/C7H4BrClN2S/c8-1-6-11-5-3-10-2-4(9)7(5)12-6/h2-3H,1H2. The van der Waals surface area contributed by atoms with Crippen molar-refractivity contribution in [1.82, 2.24) is 9.97 Å². The Bertz CT molecular complexity index is 415. The van der Waals surface area contributed by atoms with Gasteiger partial charge in [0.25, 0.3) is 0 Å². The topological polar surface area (TPSA) is 25.8 Å². The molecular formula is C7H4BrClN2S. The van der Waals surface area contributed by atoms with Crippen LogP contribution in [0, 0.1) is 0 Å². The lowest BCUT2D eigenvalue weighted by Crippen LogP contribution is -1.74. The molecule has 2 aromatic heterocycles. The number of rotatable bonds is 1. The Morgan fingerprint density at radius 1 is 1.50 bits per heavy atom. The number of halogens is 2. The number of hydrogen-bond acceptors (Lipinski definition) is 3. The maximum absolute atomic E-state index is 5.92. The highest BCUT2D eigenvalue weighted by molar-refractivity contribution is 9.08. The van der Waals surface area contributed by atoms with E-state index in [-0.39, 0.29) is 0 Å². The molecule has 2 nitrogen and oxygen atoms in total. The van der Waals surface area contributed by atoms with Gasteiger partial charge in [-0.05, 0) is 0 Å². The molecule has 2 heterocycles. The highest BCUT2D eigenvalue weighted by Gasteiger charge is 2.05. The first-order valence-corrected chi connectivity index (χ1v) is 5.57. The van der Waals surface area contributed by atoms with Crippen molar-refractivity contribution in [1.29, 1.82) is 0 Å². The molecule has 0 aliphatic heterocycles. The Morgan fingerprint density at radius 3 is 3.00 bits per heavy atom. The first-order chi connectivity index (χ1) is 5.81. The van der Waals surface area contributed by atoms with Crippen molar-refractivity contribution in [3.05, 3.63) is 22.4 Å². The van der Waals surface area contributed by atoms with Gasteiger partial charge in [-0.25, -0.2) is 4.98 Å². The molecule has 0 bridgehead atoms. The van der Waals surface area contributed by atoms with Gasteiger partial charge in [-0.1, -0.05) is 27.5 Å². The summed E-state index contributed by atoms with van der Waals surface area (Å²) in [4.78, 5) is 8.27. The fraction of sp³-hybridized carbons (Fsp3) is 0.143. The molecule has 2 aromatic rings. The van der Waals surface area contributed by atoms with Crippen LogP contribution in [0.25, 0.3) is 10.2 Å². The molecule has 0 aliphatic carbocycles. The maximum Gasteiger partial charge on any atom is 0.104 e. The van der Waals surface area contributed by atoms with Crippen LogP contribution < -0.4 is 0 Å². The summed E-state index contributed by atoms with van der Waals surface area (Å²) >= 11 is 10.9. The summed E-state index contributed by atoms with van der Waals surface area (Å²) in [5, 5.41) is 2.47. The van der Waals surface area contributed by atoms with E-state index >= 15 is 0 Å².